The fraction of sp³-hybridized carbons (Fsp3) is 0.364. The third-order valence-corrected chi connectivity index (χ3v) is 3.95. The first-order chi connectivity index (χ1) is 8.37. The lowest BCUT2D eigenvalue weighted by atomic mass is 10.1. The summed E-state index contributed by atoms with van der Waals surface area (Å²) in [6, 6.07) is 4.66. The number of carbonyl (C=O) groups excluding carboxylic acids is 1. The van der Waals surface area contributed by atoms with Crippen LogP contribution in [0, 0.1) is 0 Å². The Morgan fingerprint density at radius 2 is 1.94 bits per heavy atom. The zero-order valence-electron chi connectivity index (χ0n) is 9.06. The largest absolute Gasteiger partial charge is 0.446 e. The summed E-state index contributed by atoms with van der Waals surface area (Å²) in [5, 5.41) is 0.119. The molecule has 1 nitrogen and oxygen atoms in total. The number of Topliss-reactive ketones (excluding diaryl/α,β-unsaturated/α-hetero) is 1. The Morgan fingerprint density at radius 3 is 2.44 bits per heavy atom. The van der Waals surface area contributed by atoms with E-state index in [1.165, 1.54) is 12.1 Å². The molecule has 18 heavy (non-hydrogen) atoms. The van der Waals surface area contributed by atoms with E-state index in [1.807, 2.05) is 0 Å². The van der Waals surface area contributed by atoms with Crippen molar-refractivity contribution in [1.29, 1.82) is 0 Å². The van der Waals surface area contributed by atoms with Gasteiger partial charge in [-0.3, -0.25) is 4.79 Å². The van der Waals surface area contributed by atoms with Gasteiger partial charge in [-0.05, 0) is 22.9 Å². The fourth-order valence-corrected chi connectivity index (χ4v) is 2.66. The van der Waals surface area contributed by atoms with Gasteiger partial charge in [0.2, 0.25) is 0 Å². The normalized spacial score (nSPS) is 11.6. The van der Waals surface area contributed by atoms with Crippen LogP contribution in [0.4, 0.5) is 13.2 Å². The average molecular weight is 362 g/mol. The molecule has 0 atom stereocenters. The van der Waals surface area contributed by atoms with Gasteiger partial charge in [0.25, 0.3) is 0 Å². The molecule has 1 aromatic carbocycles. The van der Waals surface area contributed by atoms with Crippen LogP contribution in [-0.2, 0) is 17.1 Å². The molecular formula is C11H9BrClF3OS. The maximum absolute atomic E-state index is 12.5. The van der Waals surface area contributed by atoms with Crippen LogP contribution in [0.2, 0.25) is 0 Å². The molecule has 7 heteroatoms. The Balaban J connectivity index is 3.12. The van der Waals surface area contributed by atoms with E-state index in [0.29, 0.717) is 11.1 Å². The molecule has 0 radical (unpaired) electrons. The molecule has 0 spiro atoms. The zero-order chi connectivity index (χ0) is 13.8. The van der Waals surface area contributed by atoms with Gasteiger partial charge < -0.3 is 0 Å². The lowest BCUT2D eigenvalue weighted by Gasteiger charge is -2.14. The van der Waals surface area contributed by atoms with Crippen molar-refractivity contribution in [3.8, 4) is 0 Å². The van der Waals surface area contributed by atoms with E-state index in [1.54, 1.807) is 6.07 Å². The third kappa shape index (κ3) is 4.82. The van der Waals surface area contributed by atoms with E-state index in [4.69, 9.17) is 11.6 Å². The number of hydrogen-bond acceptors (Lipinski definition) is 2. The van der Waals surface area contributed by atoms with Crippen LogP contribution in [0.15, 0.2) is 23.1 Å². The summed E-state index contributed by atoms with van der Waals surface area (Å²) in [5.74, 6) is -0.194. The number of carbonyl (C=O) groups is 1. The van der Waals surface area contributed by atoms with Crippen molar-refractivity contribution in [2.75, 3.05) is 5.33 Å². The molecule has 1 rings (SSSR count). The standard InChI is InChI=1S/C11H9BrClF3OS/c12-5-9(17)4-7-2-1-3-8(6-13)10(7)18-11(14,15)16/h1-3H,4-6H2. The summed E-state index contributed by atoms with van der Waals surface area (Å²) in [6.45, 7) is 0. The maximum atomic E-state index is 12.5. The van der Waals surface area contributed by atoms with Gasteiger partial charge in [0.05, 0.1) is 5.33 Å². The van der Waals surface area contributed by atoms with Crippen molar-refractivity contribution in [1.82, 2.24) is 0 Å². The van der Waals surface area contributed by atoms with Crippen LogP contribution in [0.1, 0.15) is 11.1 Å². The lowest BCUT2D eigenvalue weighted by Crippen LogP contribution is -2.08. The van der Waals surface area contributed by atoms with Gasteiger partial charge in [0.15, 0.2) is 0 Å². The molecule has 100 valence electrons. The molecule has 0 fully saturated rings. The van der Waals surface area contributed by atoms with Crippen LogP contribution < -0.4 is 0 Å². The van der Waals surface area contributed by atoms with E-state index in [0.717, 1.165) is 0 Å². The summed E-state index contributed by atoms with van der Waals surface area (Å²) in [5.41, 5.74) is -3.65. The van der Waals surface area contributed by atoms with Gasteiger partial charge in [0.1, 0.15) is 5.78 Å². The van der Waals surface area contributed by atoms with Crippen LogP contribution in [0.25, 0.3) is 0 Å². The Morgan fingerprint density at radius 1 is 1.33 bits per heavy atom. The number of rotatable bonds is 5. The zero-order valence-corrected chi connectivity index (χ0v) is 12.2. The van der Waals surface area contributed by atoms with Crippen molar-refractivity contribution >= 4 is 45.1 Å². The van der Waals surface area contributed by atoms with Crippen molar-refractivity contribution in [3.63, 3.8) is 0 Å². The highest BCUT2D eigenvalue weighted by molar-refractivity contribution is 9.09. The van der Waals surface area contributed by atoms with Crippen molar-refractivity contribution in [2.24, 2.45) is 0 Å². The van der Waals surface area contributed by atoms with E-state index >= 15 is 0 Å². The molecule has 0 bridgehead atoms. The molecule has 0 saturated carbocycles. The second kappa shape index (κ2) is 6.82. The van der Waals surface area contributed by atoms with Crippen LogP contribution >= 0.6 is 39.3 Å². The minimum Gasteiger partial charge on any atom is -0.298 e. The van der Waals surface area contributed by atoms with Crippen LogP contribution in [0.5, 0.6) is 0 Å². The molecule has 0 unspecified atom stereocenters. The van der Waals surface area contributed by atoms with Crippen LogP contribution in [-0.4, -0.2) is 16.6 Å². The molecular weight excluding hydrogens is 353 g/mol. The number of halogens is 5. The minimum absolute atomic E-state index is 0.0191. The Bertz CT molecular complexity index is 437. The Labute approximate surface area is 120 Å². The van der Waals surface area contributed by atoms with Crippen molar-refractivity contribution < 1.29 is 18.0 Å². The predicted octanol–water partition coefficient (Wildman–Crippen LogP) is 4.54. The highest BCUT2D eigenvalue weighted by Crippen LogP contribution is 2.41. The van der Waals surface area contributed by atoms with Gasteiger partial charge >= 0.3 is 5.51 Å². The summed E-state index contributed by atoms with van der Waals surface area (Å²) in [7, 11) is 0. The van der Waals surface area contributed by atoms with E-state index in [2.05, 4.69) is 15.9 Å². The molecule has 0 aliphatic heterocycles. The molecule has 0 aromatic heterocycles. The summed E-state index contributed by atoms with van der Waals surface area (Å²) < 4.78 is 37.4. The lowest BCUT2D eigenvalue weighted by molar-refractivity contribution is -0.115. The Hall–Kier alpha value is -0.200. The highest BCUT2D eigenvalue weighted by atomic mass is 79.9. The van der Waals surface area contributed by atoms with Crippen molar-refractivity contribution in [2.45, 2.75) is 22.7 Å². The van der Waals surface area contributed by atoms with Gasteiger partial charge in [-0.15, -0.1) is 11.6 Å². The number of benzene rings is 1. The third-order valence-electron chi connectivity index (χ3n) is 2.08. The second-order valence-electron chi connectivity index (χ2n) is 3.44. The molecule has 0 heterocycles. The first-order valence-corrected chi connectivity index (χ1v) is 7.34. The smallest absolute Gasteiger partial charge is 0.298 e. The Kier molecular flexibility index (Phi) is 6.01. The highest BCUT2D eigenvalue weighted by Gasteiger charge is 2.31. The van der Waals surface area contributed by atoms with Crippen LogP contribution in [0.3, 0.4) is 0 Å². The SMILES string of the molecule is O=C(CBr)Cc1cccc(CCl)c1SC(F)(F)F. The molecule has 0 N–H and O–H groups in total. The molecule has 0 aliphatic rings. The van der Waals surface area contributed by atoms with Crippen molar-refractivity contribution in [3.05, 3.63) is 29.3 Å². The van der Waals surface area contributed by atoms with E-state index in [9.17, 15) is 18.0 Å². The quantitative estimate of drug-likeness (QED) is 0.565. The maximum Gasteiger partial charge on any atom is 0.446 e. The first kappa shape index (κ1) is 15.9. The summed E-state index contributed by atoms with van der Waals surface area (Å²) in [6.07, 6.45) is -0.0333. The topological polar surface area (TPSA) is 17.1 Å². The van der Waals surface area contributed by atoms with Gasteiger partial charge in [-0.25, -0.2) is 0 Å². The van der Waals surface area contributed by atoms with Gasteiger partial charge in [-0.2, -0.15) is 13.2 Å². The monoisotopic (exact) mass is 360 g/mol. The number of alkyl halides is 5. The fourth-order valence-electron chi connectivity index (χ4n) is 1.39. The van der Waals surface area contributed by atoms with E-state index in [-0.39, 0.29) is 40.1 Å². The number of hydrogen-bond donors (Lipinski definition) is 0. The summed E-state index contributed by atoms with van der Waals surface area (Å²) in [4.78, 5) is 11.4. The summed E-state index contributed by atoms with van der Waals surface area (Å²) >= 11 is 8.40. The molecule has 0 amide bonds. The van der Waals surface area contributed by atoms with Gasteiger partial charge in [0, 0.05) is 17.2 Å². The number of ketones is 1. The molecule has 0 aliphatic carbocycles. The first-order valence-electron chi connectivity index (χ1n) is 4.87. The number of thioether (sulfide) groups is 1. The average Bonchev–Trinajstić information content (AvgIpc) is 2.29. The molecule has 0 saturated heterocycles. The predicted molar refractivity (Wildman–Crippen MR) is 70.4 cm³/mol. The van der Waals surface area contributed by atoms with Gasteiger partial charge in [-0.1, -0.05) is 34.1 Å². The minimum atomic E-state index is -4.39. The molecule has 1 aromatic rings. The van der Waals surface area contributed by atoms with E-state index < -0.39 is 5.51 Å². The second-order valence-corrected chi connectivity index (χ2v) is 5.34.